The number of benzene rings is 1. The monoisotopic (exact) mass is 443 g/mol. The number of aryl methyl sites for hydroxylation is 1. The zero-order valence-electron chi connectivity index (χ0n) is 20.0. The molecule has 1 aromatic carbocycles. The lowest BCUT2D eigenvalue weighted by Gasteiger charge is -2.44. The van der Waals surface area contributed by atoms with Crippen molar-refractivity contribution < 1.29 is 19.1 Å². The van der Waals surface area contributed by atoms with Gasteiger partial charge < -0.3 is 15.0 Å². The maximum Gasteiger partial charge on any atom is 0.256 e. The number of likely N-dealkylation sites (tertiary alicyclic amines) is 1. The van der Waals surface area contributed by atoms with Gasteiger partial charge in [-0.15, -0.1) is 0 Å². The molecule has 7 nitrogen and oxygen atoms in total. The van der Waals surface area contributed by atoms with Gasteiger partial charge in [-0.25, -0.2) is 0 Å². The van der Waals surface area contributed by atoms with Crippen LogP contribution >= 0.6 is 0 Å². The van der Waals surface area contributed by atoms with Gasteiger partial charge >= 0.3 is 0 Å². The molecule has 2 fully saturated rings. The minimum atomic E-state index is -0.865. The molecule has 32 heavy (non-hydrogen) atoms. The third-order valence-electron chi connectivity index (χ3n) is 6.25. The van der Waals surface area contributed by atoms with E-state index in [1.807, 2.05) is 51.7 Å². The van der Waals surface area contributed by atoms with Gasteiger partial charge in [0.2, 0.25) is 11.8 Å². The number of amides is 3. The molecule has 1 aromatic rings. The first-order valence-electron chi connectivity index (χ1n) is 11.7. The van der Waals surface area contributed by atoms with Crippen LogP contribution in [0.4, 0.5) is 0 Å². The number of rotatable bonds is 6. The number of piperidine rings is 1. The molecule has 0 aliphatic carbocycles. The van der Waals surface area contributed by atoms with Crippen molar-refractivity contribution in [3.63, 3.8) is 0 Å². The van der Waals surface area contributed by atoms with Crippen LogP contribution < -0.4 is 5.32 Å². The number of hydrogen-bond donors (Lipinski definition) is 1. The summed E-state index contributed by atoms with van der Waals surface area (Å²) in [5.74, 6) is 0.362. The zero-order valence-corrected chi connectivity index (χ0v) is 20.0. The third-order valence-corrected chi connectivity index (χ3v) is 6.25. The molecular weight excluding hydrogens is 406 g/mol. The fourth-order valence-corrected chi connectivity index (χ4v) is 4.41. The van der Waals surface area contributed by atoms with Crippen LogP contribution in [-0.4, -0.2) is 65.5 Å². The Labute approximate surface area is 191 Å². The van der Waals surface area contributed by atoms with Crippen molar-refractivity contribution in [3.8, 4) is 0 Å². The summed E-state index contributed by atoms with van der Waals surface area (Å²) in [7, 11) is 0. The van der Waals surface area contributed by atoms with Crippen LogP contribution in [0.25, 0.3) is 0 Å². The average molecular weight is 444 g/mol. The topological polar surface area (TPSA) is 79.0 Å². The zero-order chi connectivity index (χ0) is 23.5. The Bertz CT molecular complexity index is 826. The SMILES string of the molecule is Cc1ccc(C(=O)N2C(C(=O)NCC(C)C)COC23CCN(C(=O)CC(C)C)CC3)cc1. The highest BCUT2D eigenvalue weighted by molar-refractivity contribution is 5.98. The van der Waals surface area contributed by atoms with E-state index in [1.165, 1.54) is 0 Å². The smallest absolute Gasteiger partial charge is 0.256 e. The molecule has 1 unspecified atom stereocenters. The van der Waals surface area contributed by atoms with Crippen molar-refractivity contribution in [1.82, 2.24) is 15.1 Å². The fourth-order valence-electron chi connectivity index (χ4n) is 4.41. The fraction of sp³-hybridized carbons (Fsp3) is 0.640. The quantitative estimate of drug-likeness (QED) is 0.733. The summed E-state index contributed by atoms with van der Waals surface area (Å²) in [4.78, 5) is 42.7. The van der Waals surface area contributed by atoms with Gasteiger partial charge in [-0.2, -0.15) is 0 Å². The minimum absolute atomic E-state index is 0.135. The molecule has 1 spiro atoms. The second kappa shape index (κ2) is 10.0. The molecule has 0 aromatic heterocycles. The normalized spacial score (nSPS) is 20.3. The Balaban J connectivity index is 1.83. The van der Waals surface area contributed by atoms with Crippen molar-refractivity contribution >= 4 is 17.7 Å². The maximum absolute atomic E-state index is 13.6. The van der Waals surface area contributed by atoms with Crippen molar-refractivity contribution in [2.24, 2.45) is 11.8 Å². The minimum Gasteiger partial charge on any atom is -0.354 e. The largest absolute Gasteiger partial charge is 0.354 e. The number of ether oxygens (including phenoxy) is 1. The molecule has 2 saturated heterocycles. The molecule has 2 aliphatic heterocycles. The molecule has 0 radical (unpaired) electrons. The summed E-state index contributed by atoms with van der Waals surface area (Å²) in [5.41, 5.74) is 0.744. The summed E-state index contributed by atoms with van der Waals surface area (Å²) in [6, 6.07) is 6.72. The van der Waals surface area contributed by atoms with E-state index < -0.39 is 11.8 Å². The van der Waals surface area contributed by atoms with Crippen molar-refractivity contribution in [3.05, 3.63) is 35.4 Å². The Morgan fingerprint density at radius 2 is 1.69 bits per heavy atom. The van der Waals surface area contributed by atoms with Crippen LogP contribution in [0.5, 0.6) is 0 Å². The summed E-state index contributed by atoms with van der Waals surface area (Å²) in [5, 5.41) is 2.96. The van der Waals surface area contributed by atoms with E-state index in [1.54, 1.807) is 17.0 Å². The molecule has 0 saturated carbocycles. The van der Waals surface area contributed by atoms with Crippen molar-refractivity contribution in [1.29, 1.82) is 0 Å². The first-order valence-corrected chi connectivity index (χ1v) is 11.7. The van der Waals surface area contributed by atoms with Crippen LogP contribution in [0, 0.1) is 18.8 Å². The van der Waals surface area contributed by atoms with Gasteiger partial charge in [-0.05, 0) is 30.9 Å². The van der Waals surface area contributed by atoms with Crippen LogP contribution in [0.1, 0.15) is 62.9 Å². The van der Waals surface area contributed by atoms with Crippen LogP contribution in [0.15, 0.2) is 24.3 Å². The Hall–Kier alpha value is -2.41. The predicted molar refractivity (Wildman–Crippen MR) is 123 cm³/mol. The van der Waals surface area contributed by atoms with Crippen LogP contribution in [0.2, 0.25) is 0 Å². The van der Waals surface area contributed by atoms with Gasteiger partial charge in [0, 0.05) is 44.5 Å². The molecule has 1 N–H and O–H groups in total. The number of nitrogens with zero attached hydrogens (tertiary/aromatic N) is 2. The van der Waals surface area contributed by atoms with Gasteiger partial charge in [-0.3, -0.25) is 19.3 Å². The second-order valence-corrected chi connectivity index (χ2v) is 9.93. The number of nitrogens with one attached hydrogen (secondary N) is 1. The summed E-state index contributed by atoms with van der Waals surface area (Å²) in [6.45, 7) is 11.9. The van der Waals surface area contributed by atoms with Gasteiger partial charge in [-0.1, -0.05) is 45.4 Å². The third kappa shape index (κ3) is 5.31. The molecule has 1 atom stereocenters. The van der Waals surface area contributed by atoms with Crippen molar-refractivity contribution in [2.75, 3.05) is 26.2 Å². The molecule has 7 heteroatoms. The van der Waals surface area contributed by atoms with E-state index >= 15 is 0 Å². The lowest BCUT2D eigenvalue weighted by atomic mass is 9.95. The Kier molecular flexibility index (Phi) is 7.59. The van der Waals surface area contributed by atoms with Crippen LogP contribution in [0.3, 0.4) is 0 Å². The average Bonchev–Trinajstić information content (AvgIpc) is 3.10. The summed E-state index contributed by atoms with van der Waals surface area (Å²) < 4.78 is 6.22. The second-order valence-electron chi connectivity index (χ2n) is 9.93. The summed E-state index contributed by atoms with van der Waals surface area (Å²) in [6.07, 6.45) is 1.52. The molecule has 2 aliphatic rings. The summed E-state index contributed by atoms with van der Waals surface area (Å²) >= 11 is 0. The highest BCUT2D eigenvalue weighted by Gasteiger charge is 2.54. The van der Waals surface area contributed by atoms with Gasteiger partial charge in [0.15, 0.2) is 0 Å². The molecule has 0 bridgehead atoms. The Morgan fingerprint density at radius 3 is 2.25 bits per heavy atom. The molecular formula is C25H37N3O4. The molecule has 2 heterocycles. The Morgan fingerprint density at radius 1 is 1.06 bits per heavy atom. The van der Waals surface area contributed by atoms with Gasteiger partial charge in [0.05, 0.1) is 6.61 Å². The highest BCUT2D eigenvalue weighted by atomic mass is 16.5. The first kappa shape index (κ1) is 24.2. The van der Waals surface area contributed by atoms with Gasteiger partial charge in [0.25, 0.3) is 5.91 Å². The molecule has 176 valence electrons. The maximum atomic E-state index is 13.6. The lowest BCUT2D eigenvalue weighted by molar-refractivity contribution is -0.144. The van der Waals surface area contributed by atoms with E-state index in [9.17, 15) is 14.4 Å². The van der Waals surface area contributed by atoms with E-state index in [4.69, 9.17) is 4.74 Å². The van der Waals surface area contributed by atoms with Crippen molar-refractivity contribution in [2.45, 2.75) is 65.6 Å². The first-order chi connectivity index (χ1) is 15.1. The molecule has 3 rings (SSSR count). The highest BCUT2D eigenvalue weighted by Crippen LogP contribution is 2.38. The lowest BCUT2D eigenvalue weighted by Crippen LogP contribution is -2.60. The number of hydrogen-bond acceptors (Lipinski definition) is 4. The van der Waals surface area contributed by atoms with Gasteiger partial charge in [0.1, 0.15) is 11.8 Å². The number of carbonyl (C=O) groups excluding carboxylic acids is 3. The number of carbonyl (C=O) groups is 3. The van der Waals surface area contributed by atoms with E-state index in [2.05, 4.69) is 5.32 Å². The van der Waals surface area contributed by atoms with E-state index in [-0.39, 0.29) is 24.3 Å². The van der Waals surface area contributed by atoms with E-state index in [0.29, 0.717) is 56.3 Å². The molecule has 3 amide bonds. The van der Waals surface area contributed by atoms with E-state index in [0.717, 1.165) is 5.56 Å². The predicted octanol–water partition coefficient (Wildman–Crippen LogP) is 2.97. The van der Waals surface area contributed by atoms with Crippen LogP contribution in [-0.2, 0) is 14.3 Å². The standard InChI is InChI=1S/C25H37N3O4/c1-17(2)14-22(29)27-12-10-25(11-13-27)28(24(31)20-8-6-19(5)7-9-20)21(16-32-25)23(30)26-15-18(3)4/h6-9,17-18,21H,10-16H2,1-5H3,(H,26,30).